The van der Waals surface area contributed by atoms with Crippen molar-refractivity contribution in [3.63, 3.8) is 0 Å². The summed E-state index contributed by atoms with van der Waals surface area (Å²) in [7, 11) is 1.68. The average Bonchev–Trinajstić information content (AvgIpc) is 2.92. The molecule has 0 saturated heterocycles. The van der Waals surface area contributed by atoms with Crippen molar-refractivity contribution in [1.29, 1.82) is 0 Å². The molecule has 0 unspecified atom stereocenters. The minimum absolute atomic E-state index is 0.0303. The molecule has 0 spiro atoms. The predicted octanol–water partition coefficient (Wildman–Crippen LogP) is 6.96. The van der Waals surface area contributed by atoms with Crippen molar-refractivity contribution in [2.45, 2.75) is 40.0 Å². The molecule has 4 aromatic rings. The summed E-state index contributed by atoms with van der Waals surface area (Å²) >= 11 is 0. The van der Waals surface area contributed by atoms with Crippen LogP contribution in [0.2, 0.25) is 0 Å². The molecule has 0 fully saturated rings. The van der Waals surface area contributed by atoms with E-state index in [2.05, 4.69) is 25.6 Å². The van der Waals surface area contributed by atoms with E-state index in [0.717, 1.165) is 28.5 Å². The first-order valence-corrected chi connectivity index (χ1v) is 12.7. The zero-order chi connectivity index (χ0) is 31.0. The Morgan fingerprint density at radius 2 is 1.71 bits per heavy atom. The molecule has 0 aliphatic rings. The summed E-state index contributed by atoms with van der Waals surface area (Å²) in [6.07, 6.45) is -1.64. The number of nitrogens with zero attached hydrogens (tertiary/aromatic N) is 3. The number of halogens is 4. The molecule has 3 aromatic heterocycles. The lowest BCUT2D eigenvalue weighted by Gasteiger charge is -2.15. The maximum absolute atomic E-state index is 14.1. The fourth-order valence-electron chi connectivity index (χ4n) is 3.80. The number of aromatic nitrogens is 3. The topological polar surface area (TPSA) is 106 Å². The molecular formula is C30H29F4N5O3. The number of aryl methyl sites for hydroxylation is 1. The Morgan fingerprint density at radius 1 is 1.00 bits per heavy atom. The van der Waals surface area contributed by atoms with E-state index in [4.69, 9.17) is 4.74 Å². The smallest absolute Gasteiger partial charge is 0.433 e. The monoisotopic (exact) mass is 583 g/mol. The number of hydrogen-bond donors (Lipinski definition) is 2. The summed E-state index contributed by atoms with van der Waals surface area (Å²) in [5.74, 6) is 0.395. The molecule has 0 atom stereocenters. The van der Waals surface area contributed by atoms with Crippen molar-refractivity contribution in [3.8, 4) is 28.3 Å². The summed E-state index contributed by atoms with van der Waals surface area (Å²) < 4.78 is 55.8. The van der Waals surface area contributed by atoms with Crippen LogP contribution in [0.4, 0.5) is 29.1 Å². The second-order valence-corrected chi connectivity index (χ2v) is 9.34. The van der Waals surface area contributed by atoms with Gasteiger partial charge in [-0.25, -0.2) is 14.4 Å². The third kappa shape index (κ3) is 8.56. The van der Waals surface area contributed by atoms with E-state index in [1.807, 2.05) is 39.0 Å². The highest BCUT2D eigenvalue weighted by atomic mass is 19.4. The summed E-state index contributed by atoms with van der Waals surface area (Å²) in [4.78, 5) is 33.3. The molecule has 1 amide bonds. The van der Waals surface area contributed by atoms with Gasteiger partial charge in [-0.15, -0.1) is 0 Å². The fourth-order valence-corrected chi connectivity index (χ4v) is 3.80. The number of amides is 1. The first kappa shape index (κ1) is 31.7. The molecule has 0 aliphatic carbocycles. The quantitative estimate of drug-likeness (QED) is 0.179. The van der Waals surface area contributed by atoms with Gasteiger partial charge in [-0.2, -0.15) is 13.2 Å². The predicted molar refractivity (Wildman–Crippen MR) is 152 cm³/mol. The Morgan fingerprint density at radius 3 is 2.33 bits per heavy atom. The van der Waals surface area contributed by atoms with Crippen LogP contribution in [-0.2, 0) is 11.0 Å². The molecule has 3 heterocycles. The Balaban J connectivity index is 0.000000337. The maximum Gasteiger partial charge on any atom is 0.433 e. The highest BCUT2D eigenvalue weighted by molar-refractivity contribution is 5.88. The Labute approximate surface area is 240 Å². The van der Waals surface area contributed by atoms with Crippen LogP contribution in [0.1, 0.15) is 42.4 Å². The van der Waals surface area contributed by atoms with Crippen molar-refractivity contribution in [1.82, 2.24) is 15.0 Å². The maximum atomic E-state index is 14.1. The van der Waals surface area contributed by atoms with Crippen LogP contribution in [0.25, 0.3) is 22.4 Å². The zero-order valence-electron chi connectivity index (χ0n) is 23.5. The van der Waals surface area contributed by atoms with E-state index in [9.17, 15) is 27.2 Å². The second kappa shape index (κ2) is 13.7. The molecule has 4 rings (SSSR count). The van der Waals surface area contributed by atoms with Gasteiger partial charge in [0.2, 0.25) is 11.8 Å². The molecule has 2 N–H and O–H groups in total. The lowest BCUT2D eigenvalue weighted by atomic mass is 9.98. The second-order valence-electron chi connectivity index (χ2n) is 9.34. The number of hydrogen-bond acceptors (Lipinski definition) is 7. The number of alkyl halides is 3. The van der Waals surface area contributed by atoms with E-state index >= 15 is 0 Å². The van der Waals surface area contributed by atoms with E-state index in [-0.39, 0.29) is 23.4 Å². The van der Waals surface area contributed by atoms with Crippen molar-refractivity contribution < 1.29 is 31.9 Å². The number of aldehydes is 1. The van der Waals surface area contributed by atoms with Crippen LogP contribution in [0, 0.1) is 12.7 Å². The van der Waals surface area contributed by atoms with Crippen LogP contribution in [0.15, 0.2) is 60.9 Å². The van der Waals surface area contributed by atoms with Crippen molar-refractivity contribution in [2.75, 3.05) is 17.7 Å². The normalized spacial score (nSPS) is 10.9. The molecule has 42 heavy (non-hydrogen) atoms. The van der Waals surface area contributed by atoms with E-state index in [0.29, 0.717) is 35.4 Å². The lowest BCUT2D eigenvalue weighted by Crippen LogP contribution is -2.08. The zero-order valence-corrected chi connectivity index (χ0v) is 23.5. The highest BCUT2D eigenvalue weighted by Crippen LogP contribution is 2.34. The van der Waals surface area contributed by atoms with Gasteiger partial charge in [0.05, 0.1) is 17.5 Å². The number of pyridine rings is 3. The Kier molecular flexibility index (Phi) is 10.3. The summed E-state index contributed by atoms with van der Waals surface area (Å²) in [5.41, 5.74) is 3.29. The van der Waals surface area contributed by atoms with Crippen LogP contribution in [0.3, 0.4) is 0 Å². The third-order valence-corrected chi connectivity index (χ3v) is 5.62. The van der Waals surface area contributed by atoms with Gasteiger partial charge in [0, 0.05) is 43.6 Å². The van der Waals surface area contributed by atoms with Gasteiger partial charge in [-0.3, -0.25) is 14.6 Å². The van der Waals surface area contributed by atoms with Gasteiger partial charge in [-0.1, -0.05) is 0 Å². The van der Waals surface area contributed by atoms with Gasteiger partial charge >= 0.3 is 6.18 Å². The SMILES string of the molecule is CNc1cc(-c2cc(OC(C)C)nc(-c3ccnc(NC(C)=O)c3)c2)c(C)cc1F.O=Cc1ccnc(C(F)(F)F)c1. The summed E-state index contributed by atoms with van der Waals surface area (Å²) in [6.45, 7) is 7.15. The van der Waals surface area contributed by atoms with Crippen LogP contribution in [0.5, 0.6) is 5.88 Å². The minimum Gasteiger partial charge on any atom is -0.475 e. The van der Waals surface area contributed by atoms with Crippen LogP contribution in [-0.4, -0.2) is 40.3 Å². The van der Waals surface area contributed by atoms with Crippen molar-refractivity contribution in [3.05, 3.63) is 83.6 Å². The van der Waals surface area contributed by atoms with Crippen LogP contribution >= 0.6 is 0 Å². The number of carbonyl (C=O) groups is 2. The van der Waals surface area contributed by atoms with E-state index in [1.54, 1.807) is 25.4 Å². The molecular weight excluding hydrogens is 554 g/mol. The van der Waals surface area contributed by atoms with Gasteiger partial charge in [-0.05, 0) is 79.9 Å². The van der Waals surface area contributed by atoms with Crippen molar-refractivity contribution >= 4 is 23.7 Å². The lowest BCUT2D eigenvalue weighted by molar-refractivity contribution is -0.141. The van der Waals surface area contributed by atoms with Gasteiger partial charge in [0.15, 0.2) is 0 Å². The summed E-state index contributed by atoms with van der Waals surface area (Å²) in [5, 5.41) is 5.56. The molecule has 1 aromatic carbocycles. The van der Waals surface area contributed by atoms with Gasteiger partial charge in [0.25, 0.3) is 0 Å². The number of carbonyl (C=O) groups excluding carboxylic acids is 2. The molecule has 220 valence electrons. The average molecular weight is 584 g/mol. The molecule has 0 bridgehead atoms. The molecule has 0 saturated carbocycles. The first-order chi connectivity index (χ1) is 19.8. The minimum atomic E-state index is -4.49. The molecule has 0 radical (unpaired) electrons. The Bertz CT molecular complexity index is 1580. The third-order valence-electron chi connectivity index (χ3n) is 5.62. The van der Waals surface area contributed by atoms with E-state index in [1.165, 1.54) is 19.1 Å². The molecule has 12 heteroatoms. The number of anilines is 2. The Hall–Kier alpha value is -4.87. The number of nitrogens with one attached hydrogen (secondary N) is 2. The number of benzene rings is 1. The standard InChI is InChI=1S/C23H25FN4O2.C7H4F3NO/c1-13(2)30-23-11-17(18-12-21(25-5)19(24)8-14(18)3)9-20(28-23)16-6-7-26-22(10-16)27-15(4)29;8-7(9,10)6-3-5(4-12)1-2-11-6/h6-13,25H,1-5H3,(H,26,27,29);1-4H. The number of rotatable bonds is 7. The van der Waals surface area contributed by atoms with Crippen molar-refractivity contribution in [2.24, 2.45) is 0 Å². The van der Waals surface area contributed by atoms with E-state index < -0.39 is 11.9 Å². The number of ether oxygens (including phenoxy) is 1. The fraction of sp³-hybridized carbons (Fsp3) is 0.233. The summed E-state index contributed by atoms with van der Waals surface area (Å²) in [6, 6.07) is 12.5. The molecule has 0 aliphatic heterocycles. The molecule has 8 nitrogen and oxygen atoms in total. The highest BCUT2D eigenvalue weighted by Gasteiger charge is 2.32. The van der Waals surface area contributed by atoms with Gasteiger partial charge in [0.1, 0.15) is 23.6 Å². The first-order valence-electron chi connectivity index (χ1n) is 12.7. The van der Waals surface area contributed by atoms with Crippen LogP contribution < -0.4 is 15.4 Å². The van der Waals surface area contributed by atoms with Gasteiger partial charge < -0.3 is 15.4 Å². The largest absolute Gasteiger partial charge is 0.475 e.